The predicted octanol–water partition coefficient (Wildman–Crippen LogP) is 4.55. The molecule has 2 N–H and O–H groups in total. The van der Waals surface area contributed by atoms with Crippen LogP contribution in [0.1, 0.15) is 5.56 Å². The largest absolute Gasteiger partial charge is 0.493 e. The first-order valence-electron chi connectivity index (χ1n) is 8.25. The van der Waals surface area contributed by atoms with Gasteiger partial charge in [-0.05, 0) is 42.0 Å². The maximum absolute atomic E-state index is 13.1. The monoisotopic (exact) mass is 420 g/mol. The highest BCUT2D eigenvalue weighted by molar-refractivity contribution is 7.80. The van der Waals surface area contributed by atoms with E-state index in [2.05, 4.69) is 15.7 Å². The van der Waals surface area contributed by atoms with Crippen molar-refractivity contribution in [2.75, 3.05) is 24.9 Å². The molecule has 1 aromatic heterocycles. The summed E-state index contributed by atoms with van der Waals surface area (Å²) >= 11 is 11.4. The molecule has 1 heterocycles. The average molecular weight is 421 g/mol. The summed E-state index contributed by atoms with van der Waals surface area (Å²) in [6.45, 7) is 0.413. The highest BCUT2D eigenvalue weighted by Crippen LogP contribution is 2.29. The fourth-order valence-corrected chi connectivity index (χ4v) is 3.01. The number of thiocarbonyl (C=S) groups is 1. The van der Waals surface area contributed by atoms with Crippen LogP contribution in [0.3, 0.4) is 0 Å². The number of ether oxygens (including phenoxy) is 2. The first-order chi connectivity index (χ1) is 13.5. The van der Waals surface area contributed by atoms with Crippen molar-refractivity contribution in [2.24, 2.45) is 0 Å². The lowest BCUT2D eigenvalue weighted by atomic mass is 10.2. The number of methoxy groups -OCH3 is 2. The Bertz CT molecular complexity index is 996. The van der Waals surface area contributed by atoms with Crippen LogP contribution in [0, 0.1) is 5.82 Å². The number of benzene rings is 2. The van der Waals surface area contributed by atoms with Crippen LogP contribution in [0.2, 0.25) is 5.02 Å². The highest BCUT2D eigenvalue weighted by Gasteiger charge is 2.08. The SMILES string of the molecule is COc1ccc(NC(=S)Nc2cnn(Cc3ccc(F)cc3Cl)c2)cc1OC. The van der Waals surface area contributed by atoms with Gasteiger partial charge in [-0.15, -0.1) is 0 Å². The van der Waals surface area contributed by atoms with Crippen LogP contribution in [-0.2, 0) is 6.54 Å². The van der Waals surface area contributed by atoms with Crippen molar-refractivity contribution in [3.8, 4) is 11.5 Å². The Balaban J connectivity index is 1.62. The smallest absolute Gasteiger partial charge is 0.175 e. The molecule has 0 amide bonds. The summed E-state index contributed by atoms with van der Waals surface area (Å²) < 4.78 is 25.3. The van der Waals surface area contributed by atoms with Gasteiger partial charge in [0.15, 0.2) is 16.6 Å². The third-order valence-corrected chi connectivity index (χ3v) is 4.44. The van der Waals surface area contributed by atoms with Gasteiger partial charge in [-0.3, -0.25) is 4.68 Å². The summed E-state index contributed by atoms with van der Waals surface area (Å²) in [7, 11) is 3.15. The zero-order chi connectivity index (χ0) is 20.1. The van der Waals surface area contributed by atoms with Crippen LogP contribution >= 0.6 is 23.8 Å². The molecule has 0 radical (unpaired) electrons. The van der Waals surface area contributed by atoms with Crippen molar-refractivity contribution in [2.45, 2.75) is 6.54 Å². The summed E-state index contributed by atoms with van der Waals surface area (Å²) in [6.07, 6.45) is 3.42. The Morgan fingerprint density at radius 3 is 2.57 bits per heavy atom. The topological polar surface area (TPSA) is 60.3 Å². The molecule has 9 heteroatoms. The first kappa shape index (κ1) is 19.9. The van der Waals surface area contributed by atoms with Gasteiger partial charge in [0.1, 0.15) is 5.82 Å². The summed E-state index contributed by atoms with van der Waals surface area (Å²) in [5.74, 6) is 0.857. The second-order valence-electron chi connectivity index (χ2n) is 5.81. The number of hydrogen-bond acceptors (Lipinski definition) is 4. The Kier molecular flexibility index (Phi) is 6.33. The molecule has 0 bridgehead atoms. The van der Waals surface area contributed by atoms with E-state index in [0.29, 0.717) is 33.9 Å². The molecule has 3 rings (SSSR count). The van der Waals surface area contributed by atoms with Crippen molar-refractivity contribution < 1.29 is 13.9 Å². The van der Waals surface area contributed by atoms with Crippen LogP contribution in [0.25, 0.3) is 0 Å². The fourth-order valence-electron chi connectivity index (χ4n) is 2.55. The van der Waals surface area contributed by atoms with Crippen molar-refractivity contribution in [1.82, 2.24) is 9.78 Å². The molecule has 0 saturated carbocycles. The van der Waals surface area contributed by atoms with Gasteiger partial charge in [-0.1, -0.05) is 17.7 Å². The van der Waals surface area contributed by atoms with Gasteiger partial charge in [0.05, 0.1) is 32.6 Å². The normalized spacial score (nSPS) is 10.4. The van der Waals surface area contributed by atoms with E-state index in [1.807, 2.05) is 6.07 Å². The van der Waals surface area contributed by atoms with Gasteiger partial charge in [0.2, 0.25) is 0 Å². The summed E-state index contributed by atoms with van der Waals surface area (Å²) in [4.78, 5) is 0. The molecule has 6 nitrogen and oxygen atoms in total. The van der Waals surface area contributed by atoms with Crippen LogP contribution in [0.5, 0.6) is 11.5 Å². The van der Waals surface area contributed by atoms with E-state index in [-0.39, 0.29) is 5.82 Å². The fraction of sp³-hybridized carbons (Fsp3) is 0.158. The molecule has 0 unspecified atom stereocenters. The molecule has 0 fully saturated rings. The lowest BCUT2D eigenvalue weighted by Gasteiger charge is -2.12. The van der Waals surface area contributed by atoms with Crippen LogP contribution in [0.4, 0.5) is 15.8 Å². The zero-order valence-electron chi connectivity index (χ0n) is 15.2. The molecular formula is C19H18ClFN4O2S. The Hall–Kier alpha value is -2.84. The van der Waals surface area contributed by atoms with E-state index in [4.69, 9.17) is 33.3 Å². The molecule has 0 aliphatic carbocycles. The standard InChI is InChI=1S/C19H18ClFN4O2S/c1-26-17-6-5-14(8-18(17)27-2)23-19(28)24-15-9-22-25(11-15)10-12-3-4-13(21)7-16(12)20/h3-9,11H,10H2,1-2H3,(H2,23,24,28). The van der Waals surface area contributed by atoms with Gasteiger partial charge in [-0.25, -0.2) is 4.39 Å². The number of nitrogens with one attached hydrogen (secondary N) is 2. The van der Waals surface area contributed by atoms with Crippen LogP contribution in [0.15, 0.2) is 48.8 Å². The maximum atomic E-state index is 13.1. The van der Waals surface area contributed by atoms with Crippen LogP contribution in [-0.4, -0.2) is 29.1 Å². The van der Waals surface area contributed by atoms with E-state index >= 15 is 0 Å². The lowest BCUT2D eigenvalue weighted by Crippen LogP contribution is -2.18. The van der Waals surface area contributed by atoms with E-state index < -0.39 is 0 Å². The number of halogens is 2. The second kappa shape index (κ2) is 8.90. The van der Waals surface area contributed by atoms with E-state index in [9.17, 15) is 4.39 Å². The lowest BCUT2D eigenvalue weighted by molar-refractivity contribution is 0.355. The zero-order valence-corrected chi connectivity index (χ0v) is 16.8. The third-order valence-electron chi connectivity index (χ3n) is 3.88. The molecule has 146 valence electrons. The maximum Gasteiger partial charge on any atom is 0.175 e. The molecular weight excluding hydrogens is 403 g/mol. The summed E-state index contributed by atoms with van der Waals surface area (Å²) in [5, 5.41) is 11.1. The molecule has 0 aliphatic rings. The van der Waals surface area contributed by atoms with E-state index in [1.54, 1.807) is 49.5 Å². The second-order valence-corrected chi connectivity index (χ2v) is 6.63. The van der Waals surface area contributed by atoms with Crippen molar-refractivity contribution >= 4 is 40.3 Å². The summed E-state index contributed by atoms with van der Waals surface area (Å²) in [6, 6.07) is 9.68. The Morgan fingerprint density at radius 1 is 1.11 bits per heavy atom. The minimum Gasteiger partial charge on any atom is -0.493 e. The van der Waals surface area contributed by atoms with E-state index in [1.165, 1.54) is 12.1 Å². The minimum absolute atomic E-state index is 0.357. The van der Waals surface area contributed by atoms with Crippen molar-refractivity contribution in [3.05, 3.63) is 65.2 Å². The molecule has 28 heavy (non-hydrogen) atoms. The molecule has 0 aliphatic heterocycles. The number of aromatic nitrogens is 2. The summed E-state index contributed by atoms with van der Waals surface area (Å²) in [5.41, 5.74) is 2.22. The number of anilines is 2. The van der Waals surface area contributed by atoms with Gasteiger partial charge < -0.3 is 20.1 Å². The third kappa shape index (κ3) is 4.90. The Morgan fingerprint density at radius 2 is 1.86 bits per heavy atom. The van der Waals surface area contributed by atoms with Gasteiger partial charge in [-0.2, -0.15) is 5.10 Å². The van der Waals surface area contributed by atoms with Gasteiger partial charge >= 0.3 is 0 Å². The average Bonchev–Trinajstić information content (AvgIpc) is 3.10. The molecule has 2 aromatic carbocycles. The quantitative estimate of drug-likeness (QED) is 0.570. The van der Waals surface area contributed by atoms with Gasteiger partial charge in [0, 0.05) is 23.0 Å². The molecule has 0 saturated heterocycles. The minimum atomic E-state index is -0.372. The molecule has 0 atom stereocenters. The van der Waals surface area contributed by atoms with E-state index in [0.717, 1.165) is 11.3 Å². The number of hydrogen-bond donors (Lipinski definition) is 2. The molecule has 0 spiro atoms. The van der Waals surface area contributed by atoms with Gasteiger partial charge in [0.25, 0.3) is 0 Å². The highest BCUT2D eigenvalue weighted by atomic mass is 35.5. The predicted molar refractivity (Wildman–Crippen MR) is 112 cm³/mol. The molecule has 3 aromatic rings. The number of rotatable bonds is 6. The number of nitrogens with zero attached hydrogens (tertiary/aromatic N) is 2. The Labute approximate surface area is 172 Å². The first-order valence-corrected chi connectivity index (χ1v) is 9.03. The van der Waals surface area contributed by atoms with Crippen molar-refractivity contribution in [3.63, 3.8) is 0 Å². The van der Waals surface area contributed by atoms with Crippen molar-refractivity contribution in [1.29, 1.82) is 0 Å². The van der Waals surface area contributed by atoms with Crippen LogP contribution < -0.4 is 20.1 Å².